The summed E-state index contributed by atoms with van der Waals surface area (Å²) in [7, 11) is 0. The Bertz CT molecular complexity index is 363. The molecule has 3 nitrogen and oxygen atoms in total. The molecule has 0 saturated heterocycles. The van der Waals surface area contributed by atoms with Gasteiger partial charge in [-0.05, 0) is 43.0 Å². The number of hydrogen-bond donors (Lipinski definition) is 1. The van der Waals surface area contributed by atoms with Crippen molar-refractivity contribution in [1.29, 1.82) is 0 Å². The average molecular weight is 270 g/mol. The fraction of sp³-hybridized carbons (Fsp3) is 0.500. The van der Waals surface area contributed by atoms with E-state index < -0.39 is 6.09 Å². The molecule has 0 atom stereocenters. The highest BCUT2D eigenvalue weighted by Crippen LogP contribution is 2.13. The van der Waals surface area contributed by atoms with E-state index in [0.29, 0.717) is 23.2 Å². The van der Waals surface area contributed by atoms with E-state index in [1.54, 1.807) is 24.3 Å². The summed E-state index contributed by atoms with van der Waals surface area (Å²) in [5, 5.41) is 3.29. The van der Waals surface area contributed by atoms with Gasteiger partial charge in [-0.3, -0.25) is 5.32 Å². The maximum atomic E-state index is 11.4. The number of ether oxygens (including phenoxy) is 1. The van der Waals surface area contributed by atoms with Gasteiger partial charge in [-0.2, -0.15) is 0 Å². The van der Waals surface area contributed by atoms with Gasteiger partial charge in [0, 0.05) is 10.7 Å². The Morgan fingerprint density at radius 3 is 2.56 bits per heavy atom. The number of amides is 1. The van der Waals surface area contributed by atoms with E-state index in [1.165, 1.54) is 6.42 Å². The maximum absolute atomic E-state index is 11.4. The van der Waals surface area contributed by atoms with Crippen LogP contribution >= 0.6 is 11.6 Å². The normalized spacial score (nSPS) is 10.4. The van der Waals surface area contributed by atoms with Crippen LogP contribution in [0.4, 0.5) is 10.5 Å². The van der Waals surface area contributed by atoms with Crippen LogP contribution in [0.3, 0.4) is 0 Å². The highest BCUT2D eigenvalue weighted by atomic mass is 35.5. The molecule has 0 unspecified atom stereocenters. The fourth-order valence-corrected chi connectivity index (χ4v) is 1.63. The highest BCUT2D eigenvalue weighted by Gasteiger charge is 2.02. The summed E-state index contributed by atoms with van der Waals surface area (Å²) in [5.41, 5.74) is 0.687. The molecule has 1 amide bonds. The minimum Gasteiger partial charge on any atom is -0.449 e. The zero-order valence-electron chi connectivity index (χ0n) is 10.9. The van der Waals surface area contributed by atoms with Gasteiger partial charge in [0.05, 0.1) is 6.61 Å². The first-order chi connectivity index (χ1) is 8.58. The molecule has 0 bridgehead atoms. The molecule has 1 N–H and O–H groups in total. The number of carbonyl (C=O) groups is 1. The molecule has 0 radical (unpaired) electrons. The number of rotatable bonds is 6. The van der Waals surface area contributed by atoms with Gasteiger partial charge in [0.2, 0.25) is 0 Å². The van der Waals surface area contributed by atoms with Crippen molar-refractivity contribution >= 4 is 23.4 Å². The summed E-state index contributed by atoms with van der Waals surface area (Å²) < 4.78 is 5.07. The molecule has 0 aliphatic carbocycles. The molecule has 4 heteroatoms. The van der Waals surface area contributed by atoms with Crippen LogP contribution in [0.2, 0.25) is 5.02 Å². The number of unbranched alkanes of at least 4 members (excludes halogenated alkanes) is 1. The van der Waals surface area contributed by atoms with E-state index in [9.17, 15) is 4.79 Å². The van der Waals surface area contributed by atoms with Crippen LogP contribution in [-0.2, 0) is 4.74 Å². The third-order valence-electron chi connectivity index (χ3n) is 2.50. The number of carbonyl (C=O) groups excluding carboxylic acids is 1. The van der Waals surface area contributed by atoms with Gasteiger partial charge < -0.3 is 4.74 Å². The van der Waals surface area contributed by atoms with Crippen molar-refractivity contribution in [2.75, 3.05) is 11.9 Å². The van der Waals surface area contributed by atoms with E-state index in [1.807, 2.05) is 0 Å². The van der Waals surface area contributed by atoms with E-state index >= 15 is 0 Å². The standard InChI is InChI=1S/C14H20ClNO2/c1-11(2)5-3-4-10-18-14(17)16-13-8-6-12(15)7-9-13/h6-9,11H,3-5,10H2,1-2H3,(H,16,17). The van der Waals surface area contributed by atoms with Crippen LogP contribution in [0, 0.1) is 5.92 Å². The maximum Gasteiger partial charge on any atom is 0.411 e. The van der Waals surface area contributed by atoms with Crippen LogP contribution in [-0.4, -0.2) is 12.7 Å². The van der Waals surface area contributed by atoms with E-state index in [2.05, 4.69) is 19.2 Å². The number of halogens is 1. The van der Waals surface area contributed by atoms with Crippen molar-refractivity contribution in [3.63, 3.8) is 0 Å². The summed E-state index contributed by atoms with van der Waals surface area (Å²) in [6.45, 7) is 4.84. The molecule has 1 rings (SSSR count). The van der Waals surface area contributed by atoms with Crippen molar-refractivity contribution in [2.24, 2.45) is 5.92 Å². The Morgan fingerprint density at radius 1 is 1.28 bits per heavy atom. The van der Waals surface area contributed by atoms with Crippen molar-refractivity contribution < 1.29 is 9.53 Å². The molecule has 1 aromatic carbocycles. The molecule has 18 heavy (non-hydrogen) atoms. The molecular weight excluding hydrogens is 250 g/mol. The quantitative estimate of drug-likeness (QED) is 0.759. The van der Waals surface area contributed by atoms with Crippen molar-refractivity contribution in [2.45, 2.75) is 33.1 Å². The predicted octanol–water partition coefficient (Wildman–Crippen LogP) is 4.71. The van der Waals surface area contributed by atoms with Gasteiger partial charge in [-0.25, -0.2) is 4.79 Å². The minimum absolute atomic E-state index is 0.415. The Labute approximate surface area is 113 Å². The lowest BCUT2D eigenvalue weighted by molar-refractivity contribution is 0.158. The first-order valence-electron chi connectivity index (χ1n) is 6.27. The van der Waals surface area contributed by atoms with Gasteiger partial charge in [-0.1, -0.05) is 31.9 Å². The van der Waals surface area contributed by atoms with E-state index in [0.717, 1.165) is 12.8 Å². The summed E-state index contributed by atoms with van der Waals surface area (Å²) in [5.74, 6) is 0.702. The molecule has 0 saturated carbocycles. The van der Waals surface area contributed by atoms with Crippen LogP contribution in [0.5, 0.6) is 0 Å². The van der Waals surface area contributed by atoms with Crippen LogP contribution in [0.15, 0.2) is 24.3 Å². The topological polar surface area (TPSA) is 38.3 Å². The molecule has 0 fully saturated rings. The smallest absolute Gasteiger partial charge is 0.411 e. The van der Waals surface area contributed by atoms with Gasteiger partial charge in [-0.15, -0.1) is 0 Å². The first kappa shape index (κ1) is 14.8. The molecule has 0 aliphatic heterocycles. The summed E-state index contributed by atoms with van der Waals surface area (Å²) in [6.07, 6.45) is 2.75. The zero-order chi connectivity index (χ0) is 13.4. The van der Waals surface area contributed by atoms with Crippen LogP contribution < -0.4 is 5.32 Å². The van der Waals surface area contributed by atoms with Gasteiger partial charge >= 0.3 is 6.09 Å². The summed E-state index contributed by atoms with van der Waals surface area (Å²) in [4.78, 5) is 11.4. The second-order valence-electron chi connectivity index (χ2n) is 4.66. The molecular formula is C14H20ClNO2. The lowest BCUT2D eigenvalue weighted by atomic mass is 10.1. The van der Waals surface area contributed by atoms with Crippen molar-refractivity contribution in [3.8, 4) is 0 Å². The van der Waals surface area contributed by atoms with E-state index in [-0.39, 0.29) is 0 Å². The molecule has 100 valence electrons. The minimum atomic E-state index is -0.415. The number of benzene rings is 1. The fourth-order valence-electron chi connectivity index (χ4n) is 1.51. The van der Waals surface area contributed by atoms with Gasteiger partial charge in [0.25, 0.3) is 0 Å². The number of nitrogens with one attached hydrogen (secondary N) is 1. The molecule has 0 aromatic heterocycles. The van der Waals surface area contributed by atoms with Gasteiger partial charge in [0.1, 0.15) is 0 Å². The molecule has 0 heterocycles. The lowest BCUT2D eigenvalue weighted by Crippen LogP contribution is -2.14. The average Bonchev–Trinajstić information content (AvgIpc) is 2.31. The van der Waals surface area contributed by atoms with Crippen molar-refractivity contribution in [1.82, 2.24) is 0 Å². The summed E-state index contributed by atoms with van der Waals surface area (Å²) in [6, 6.07) is 6.92. The first-order valence-corrected chi connectivity index (χ1v) is 6.65. The summed E-state index contributed by atoms with van der Waals surface area (Å²) >= 11 is 5.75. The van der Waals surface area contributed by atoms with Crippen LogP contribution in [0.25, 0.3) is 0 Å². The lowest BCUT2D eigenvalue weighted by Gasteiger charge is -2.07. The van der Waals surface area contributed by atoms with Crippen molar-refractivity contribution in [3.05, 3.63) is 29.3 Å². The van der Waals surface area contributed by atoms with E-state index in [4.69, 9.17) is 16.3 Å². The zero-order valence-corrected chi connectivity index (χ0v) is 11.7. The Kier molecular flexibility index (Phi) is 6.58. The molecule has 1 aromatic rings. The number of anilines is 1. The second kappa shape index (κ2) is 7.98. The third-order valence-corrected chi connectivity index (χ3v) is 2.75. The molecule has 0 spiro atoms. The monoisotopic (exact) mass is 269 g/mol. The Hall–Kier alpha value is -1.22. The number of hydrogen-bond acceptors (Lipinski definition) is 2. The SMILES string of the molecule is CC(C)CCCCOC(=O)Nc1ccc(Cl)cc1. The van der Waals surface area contributed by atoms with Crippen LogP contribution in [0.1, 0.15) is 33.1 Å². The Morgan fingerprint density at radius 2 is 1.94 bits per heavy atom. The highest BCUT2D eigenvalue weighted by molar-refractivity contribution is 6.30. The predicted molar refractivity (Wildman–Crippen MR) is 75.1 cm³/mol. The Balaban J connectivity index is 2.16. The third kappa shape index (κ3) is 6.50. The molecule has 0 aliphatic rings. The second-order valence-corrected chi connectivity index (χ2v) is 5.09. The largest absolute Gasteiger partial charge is 0.449 e. The van der Waals surface area contributed by atoms with Gasteiger partial charge in [0.15, 0.2) is 0 Å².